The second-order valence-electron chi connectivity index (χ2n) is 10.5. The monoisotopic (exact) mass is 524 g/mol. The summed E-state index contributed by atoms with van der Waals surface area (Å²) in [4.78, 5) is 50.6. The Morgan fingerprint density at radius 2 is 0.784 bits per heavy atom. The van der Waals surface area contributed by atoms with Crippen LogP contribution in [0, 0.1) is 23.7 Å². The lowest BCUT2D eigenvalue weighted by Gasteiger charge is -2.26. The second-order valence-corrected chi connectivity index (χ2v) is 10.5. The van der Waals surface area contributed by atoms with Crippen LogP contribution in [0.1, 0.15) is 71.6 Å². The van der Waals surface area contributed by atoms with Gasteiger partial charge in [-0.2, -0.15) is 0 Å². The average Bonchev–Trinajstić information content (AvgIpc) is 3.81. The Kier molecular flexibility index (Phi) is 9.81. The molecule has 8 atom stereocenters. The molecule has 4 rings (SSSR count). The van der Waals surface area contributed by atoms with Crippen molar-refractivity contribution in [1.82, 2.24) is 0 Å². The van der Waals surface area contributed by atoms with Crippen molar-refractivity contribution in [3.63, 3.8) is 0 Å². The van der Waals surface area contributed by atoms with Crippen LogP contribution in [0.4, 0.5) is 0 Å². The van der Waals surface area contributed by atoms with Crippen molar-refractivity contribution in [2.75, 3.05) is 26.4 Å². The van der Waals surface area contributed by atoms with Crippen molar-refractivity contribution >= 4 is 23.9 Å². The number of rotatable bonds is 14. The molecule has 208 valence electrons. The number of ether oxygens (including phenoxy) is 6. The lowest BCUT2D eigenvalue weighted by atomic mass is 9.79. The minimum Gasteiger partial charge on any atom is -0.465 e. The van der Waals surface area contributed by atoms with Gasteiger partial charge < -0.3 is 28.4 Å². The van der Waals surface area contributed by atoms with Gasteiger partial charge in [-0.25, -0.2) is 0 Å². The molecule has 0 amide bonds. The standard InChI is InChI=1S/C27H40O10/c1-3-5-8-32-24(28)16-12-20-22(36-20)14-18(16)26(30)34-10-7-11-35-27(31)19-15-23-21(37-23)13-17(19)25(29)33-9-6-4-2/h16-23H,3-15H2,1-2H3. The molecule has 4 aliphatic rings. The van der Waals surface area contributed by atoms with Gasteiger partial charge in [0.2, 0.25) is 0 Å². The Morgan fingerprint density at radius 3 is 1.05 bits per heavy atom. The molecular formula is C27H40O10. The van der Waals surface area contributed by atoms with E-state index in [1.165, 1.54) is 0 Å². The molecule has 0 aromatic carbocycles. The molecule has 2 saturated heterocycles. The summed E-state index contributed by atoms with van der Waals surface area (Å²) in [6.45, 7) is 4.86. The van der Waals surface area contributed by atoms with E-state index >= 15 is 0 Å². The largest absolute Gasteiger partial charge is 0.465 e. The number of epoxide rings is 2. The first-order valence-corrected chi connectivity index (χ1v) is 13.9. The Labute approximate surface area is 218 Å². The fraction of sp³-hybridized carbons (Fsp3) is 0.852. The van der Waals surface area contributed by atoms with Crippen molar-refractivity contribution in [1.29, 1.82) is 0 Å². The van der Waals surface area contributed by atoms with Crippen LogP contribution in [-0.4, -0.2) is 74.7 Å². The molecule has 2 heterocycles. The summed E-state index contributed by atoms with van der Waals surface area (Å²) in [6, 6.07) is 0. The summed E-state index contributed by atoms with van der Waals surface area (Å²) in [5.41, 5.74) is 0. The second kappa shape index (κ2) is 13.0. The minimum atomic E-state index is -0.589. The molecule has 0 N–H and O–H groups in total. The molecular weight excluding hydrogens is 484 g/mol. The molecule has 0 bridgehead atoms. The number of carbonyl (C=O) groups excluding carboxylic acids is 4. The molecule has 10 heteroatoms. The van der Waals surface area contributed by atoms with Crippen molar-refractivity contribution < 1.29 is 47.6 Å². The zero-order chi connectivity index (χ0) is 26.4. The molecule has 0 aromatic rings. The van der Waals surface area contributed by atoms with E-state index in [-0.39, 0.29) is 49.6 Å². The maximum atomic E-state index is 12.8. The van der Waals surface area contributed by atoms with Crippen LogP contribution in [0.2, 0.25) is 0 Å². The van der Waals surface area contributed by atoms with Crippen LogP contribution >= 0.6 is 0 Å². The maximum Gasteiger partial charge on any atom is 0.309 e. The fourth-order valence-electron chi connectivity index (χ4n) is 5.35. The normalized spacial score (nSPS) is 33.4. The molecule has 4 fully saturated rings. The van der Waals surface area contributed by atoms with Gasteiger partial charge in [0.15, 0.2) is 0 Å². The van der Waals surface area contributed by atoms with E-state index in [4.69, 9.17) is 28.4 Å². The summed E-state index contributed by atoms with van der Waals surface area (Å²) < 4.78 is 32.7. The van der Waals surface area contributed by atoms with Crippen LogP contribution in [0.25, 0.3) is 0 Å². The summed E-state index contributed by atoms with van der Waals surface area (Å²) >= 11 is 0. The van der Waals surface area contributed by atoms with Crippen LogP contribution in [0.5, 0.6) is 0 Å². The zero-order valence-corrected chi connectivity index (χ0v) is 21.9. The first-order chi connectivity index (χ1) is 17.9. The van der Waals surface area contributed by atoms with E-state index in [1.54, 1.807) is 0 Å². The summed E-state index contributed by atoms with van der Waals surface area (Å²) in [7, 11) is 0. The van der Waals surface area contributed by atoms with Gasteiger partial charge in [0, 0.05) is 6.42 Å². The SMILES string of the molecule is CCCCOC(=O)C1CC2OC2CC1C(=O)OCCCOC(=O)C1CC2OC2CC1C(=O)OCCCC. The molecule has 2 aliphatic heterocycles. The van der Waals surface area contributed by atoms with Gasteiger partial charge in [-0.3, -0.25) is 19.2 Å². The molecule has 10 nitrogen and oxygen atoms in total. The van der Waals surface area contributed by atoms with Crippen molar-refractivity contribution in [3.8, 4) is 0 Å². The molecule has 0 radical (unpaired) electrons. The Morgan fingerprint density at radius 1 is 0.514 bits per heavy atom. The van der Waals surface area contributed by atoms with Crippen LogP contribution in [-0.2, 0) is 47.6 Å². The third-order valence-electron chi connectivity index (χ3n) is 7.76. The van der Waals surface area contributed by atoms with Crippen LogP contribution in [0.15, 0.2) is 0 Å². The molecule has 0 spiro atoms. The van der Waals surface area contributed by atoms with Gasteiger partial charge in [-0.05, 0) is 38.5 Å². The molecule has 0 aromatic heterocycles. The number of hydrogen-bond donors (Lipinski definition) is 0. The predicted octanol–water partition coefficient (Wildman–Crippen LogP) is 2.74. The van der Waals surface area contributed by atoms with Crippen LogP contribution in [0.3, 0.4) is 0 Å². The fourth-order valence-corrected chi connectivity index (χ4v) is 5.35. The summed E-state index contributed by atoms with van der Waals surface area (Å²) in [6.07, 6.45) is 5.63. The highest BCUT2D eigenvalue weighted by Crippen LogP contribution is 2.45. The number of carbonyl (C=O) groups is 4. The summed E-state index contributed by atoms with van der Waals surface area (Å²) in [5, 5.41) is 0. The van der Waals surface area contributed by atoms with E-state index in [0.717, 1.165) is 25.7 Å². The highest BCUT2D eigenvalue weighted by atomic mass is 16.6. The van der Waals surface area contributed by atoms with E-state index in [9.17, 15) is 19.2 Å². The van der Waals surface area contributed by atoms with Crippen molar-refractivity contribution in [3.05, 3.63) is 0 Å². The molecule has 8 unspecified atom stereocenters. The van der Waals surface area contributed by atoms with E-state index in [1.807, 2.05) is 13.8 Å². The van der Waals surface area contributed by atoms with Gasteiger partial charge in [0.25, 0.3) is 0 Å². The van der Waals surface area contributed by atoms with Crippen LogP contribution < -0.4 is 0 Å². The number of unbranched alkanes of at least 4 members (excludes halogenated alkanes) is 2. The average molecular weight is 525 g/mol. The first kappa shape index (κ1) is 27.8. The maximum absolute atomic E-state index is 12.8. The highest BCUT2D eigenvalue weighted by Gasteiger charge is 2.54. The summed E-state index contributed by atoms with van der Waals surface area (Å²) in [5.74, 6) is -3.92. The van der Waals surface area contributed by atoms with E-state index in [0.29, 0.717) is 45.3 Å². The van der Waals surface area contributed by atoms with Crippen molar-refractivity contribution in [2.45, 2.75) is 96.1 Å². The molecule has 2 aliphatic carbocycles. The smallest absolute Gasteiger partial charge is 0.309 e. The topological polar surface area (TPSA) is 130 Å². The Bertz CT molecular complexity index is 762. The predicted molar refractivity (Wildman–Crippen MR) is 128 cm³/mol. The van der Waals surface area contributed by atoms with Gasteiger partial charge >= 0.3 is 23.9 Å². The third-order valence-corrected chi connectivity index (χ3v) is 7.76. The minimum absolute atomic E-state index is 0.00495. The molecule has 2 saturated carbocycles. The van der Waals surface area contributed by atoms with Crippen molar-refractivity contribution in [2.24, 2.45) is 23.7 Å². The van der Waals surface area contributed by atoms with Gasteiger partial charge in [-0.1, -0.05) is 26.7 Å². The van der Waals surface area contributed by atoms with Gasteiger partial charge in [0.05, 0.1) is 74.5 Å². The third kappa shape index (κ3) is 7.44. The van der Waals surface area contributed by atoms with E-state index in [2.05, 4.69) is 0 Å². The first-order valence-electron chi connectivity index (χ1n) is 13.9. The van der Waals surface area contributed by atoms with Gasteiger partial charge in [-0.15, -0.1) is 0 Å². The zero-order valence-electron chi connectivity index (χ0n) is 21.9. The Hall–Kier alpha value is -2.20. The highest BCUT2D eigenvalue weighted by molar-refractivity contribution is 5.83. The number of fused-ring (bicyclic) bond motifs is 2. The lowest BCUT2D eigenvalue weighted by Crippen LogP contribution is -2.38. The van der Waals surface area contributed by atoms with Gasteiger partial charge in [0.1, 0.15) is 0 Å². The number of esters is 4. The quantitative estimate of drug-likeness (QED) is 0.145. The Balaban J connectivity index is 1.18. The molecule has 37 heavy (non-hydrogen) atoms. The van der Waals surface area contributed by atoms with E-state index < -0.39 is 35.6 Å². The number of hydrogen-bond acceptors (Lipinski definition) is 10. The lowest BCUT2D eigenvalue weighted by molar-refractivity contribution is -0.164.